The Bertz CT molecular complexity index is 1190. The molecule has 1 aromatic heterocycles. The van der Waals surface area contributed by atoms with Crippen molar-refractivity contribution in [2.75, 3.05) is 13.1 Å². The molecule has 8 heteroatoms. The van der Waals surface area contributed by atoms with Gasteiger partial charge in [0.05, 0.1) is 12.2 Å². The number of benzene rings is 2. The van der Waals surface area contributed by atoms with E-state index in [0.29, 0.717) is 11.4 Å². The molecule has 8 nitrogen and oxygen atoms in total. The maximum atomic E-state index is 12.5. The first-order valence-electron chi connectivity index (χ1n) is 12.4. The molecule has 1 aliphatic carbocycles. The first kappa shape index (κ1) is 23.1. The second kappa shape index (κ2) is 10.3. The summed E-state index contributed by atoms with van der Waals surface area (Å²) < 4.78 is 7.39. The summed E-state index contributed by atoms with van der Waals surface area (Å²) >= 11 is 0. The first-order valence-corrected chi connectivity index (χ1v) is 12.4. The van der Waals surface area contributed by atoms with Crippen LogP contribution < -0.4 is 10.1 Å². The van der Waals surface area contributed by atoms with Crippen LogP contribution in [0.2, 0.25) is 0 Å². The molecule has 1 saturated carbocycles. The van der Waals surface area contributed by atoms with Crippen molar-refractivity contribution in [1.29, 1.82) is 0 Å². The van der Waals surface area contributed by atoms with E-state index in [-0.39, 0.29) is 18.0 Å². The van der Waals surface area contributed by atoms with E-state index in [9.17, 15) is 9.59 Å². The van der Waals surface area contributed by atoms with Gasteiger partial charge in [-0.05, 0) is 68.7 Å². The number of ether oxygens (including phenoxy) is 1. The van der Waals surface area contributed by atoms with Crippen LogP contribution in [0.4, 0.5) is 4.79 Å². The number of hydrogen-bond donors (Lipinski definition) is 1. The number of likely N-dealkylation sites (tertiary alicyclic amines) is 1. The summed E-state index contributed by atoms with van der Waals surface area (Å²) in [7, 11) is 0. The molecular weight excluding hydrogens is 442 g/mol. The summed E-state index contributed by atoms with van der Waals surface area (Å²) in [4.78, 5) is 26.9. The zero-order chi connectivity index (χ0) is 24.2. The fourth-order valence-corrected chi connectivity index (χ4v) is 4.99. The molecule has 3 aromatic rings. The summed E-state index contributed by atoms with van der Waals surface area (Å²) in [6, 6.07) is 16.0. The van der Waals surface area contributed by atoms with E-state index in [2.05, 4.69) is 34.7 Å². The van der Waals surface area contributed by atoms with Crippen LogP contribution in [-0.2, 0) is 0 Å². The number of hydrogen-bond acceptors (Lipinski definition) is 5. The van der Waals surface area contributed by atoms with Gasteiger partial charge in [-0.3, -0.25) is 4.79 Å². The summed E-state index contributed by atoms with van der Waals surface area (Å²) in [5.74, 6) is 0.492. The van der Waals surface area contributed by atoms with Crippen molar-refractivity contribution < 1.29 is 14.3 Å². The van der Waals surface area contributed by atoms with Crippen molar-refractivity contribution in [3.05, 3.63) is 66.0 Å². The lowest BCUT2D eigenvalue weighted by atomic mass is 9.91. The smallest absolute Gasteiger partial charge is 0.410 e. The third-order valence-electron chi connectivity index (χ3n) is 6.91. The van der Waals surface area contributed by atoms with E-state index in [4.69, 9.17) is 4.74 Å². The van der Waals surface area contributed by atoms with Crippen LogP contribution in [-0.4, -0.2) is 51.0 Å². The highest BCUT2D eigenvalue weighted by Gasteiger charge is 2.27. The molecule has 2 heterocycles. The molecule has 0 atom stereocenters. The monoisotopic (exact) mass is 473 g/mol. The van der Waals surface area contributed by atoms with Gasteiger partial charge >= 0.3 is 6.09 Å². The number of rotatable bonds is 5. The Morgan fingerprint density at radius 1 is 0.971 bits per heavy atom. The fourth-order valence-electron chi connectivity index (χ4n) is 4.99. The van der Waals surface area contributed by atoms with Gasteiger partial charge in [-0.1, -0.05) is 47.2 Å². The van der Waals surface area contributed by atoms with Gasteiger partial charge in [0.1, 0.15) is 5.75 Å². The quantitative estimate of drug-likeness (QED) is 0.577. The third-order valence-corrected chi connectivity index (χ3v) is 6.91. The van der Waals surface area contributed by atoms with Gasteiger partial charge in [0.25, 0.3) is 5.91 Å². The van der Waals surface area contributed by atoms with Crippen LogP contribution in [0.5, 0.6) is 5.75 Å². The predicted octanol–water partition coefficient (Wildman–Crippen LogP) is 4.76. The van der Waals surface area contributed by atoms with Gasteiger partial charge in [-0.25, -0.2) is 9.48 Å². The average molecular weight is 474 g/mol. The minimum atomic E-state index is -0.436. The Hall–Kier alpha value is -3.68. The van der Waals surface area contributed by atoms with Crippen LogP contribution in [0, 0.1) is 6.92 Å². The Kier molecular flexibility index (Phi) is 6.79. The number of nitrogens with zero attached hydrogens (tertiary/aromatic N) is 4. The first-order chi connectivity index (χ1) is 17.0. The van der Waals surface area contributed by atoms with Crippen molar-refractivity contribution in [3.8, 4) is 16.9 Å². The summed E-state index contributed by atoms with van der Waals surface area (Å²) in [6.07, 6.45) is 6.79. The lowest BCUT2D eigenvalue weighted by Crippen LogP contribution is -2.39. The van der Waals surface area contributed by atoms with Gasteiger partial charge in [0.2, 0.25) is 0 Å². The molecule has 35 heavy (non-hydrogen) atoms. The number of aromatic nitrogens is 3. The van der Waals surface area contributed by atoms with Crippen LogP contribution in [0.15, 0.2) is 54.7 Å². The Labute approximate surface area is 205 Å². The number of carbonyl (C=O) groups excluding carboxylic acids is 2. The normalized spacial score (nSPS) is 20.0. The van der Waals surface area contributed by atoms with Crippen molar-refractivity contribution in [2.45, 2.75) is 57.5 Å². The van der Waals surface area contributed by atoms with Gasteiger partial charge in [0, 0.05) is 19.1 Å². The van der Waals surface area contributed by atoms with Crippen molar-refractivity contribution in [2.24, 2.45) is 0 Å². The number of nitrogens with one attached hydrogen (secondary N) is 1. The molecule has 1 aliphatic heterocycles. The maximum Gasteiger partial charge on any atom is 0.412 e. The fraction of sp³-hybridized carbons (Fsp3) is 0.407. The van der Waals surface area contributed by atoms with E-state index in [1.165, 1.54) is 5.56 Å². The van der Waals surface area contributed by atoms with Crippen molar-refractivity contribution in [3.63, 3.8) is 0 Å². The zero-order valence-corrected chi connectivity index (χ0v) is 20.0. The molecular formula is C27H31N5O3. The Morgan fingerprint density at radius 3 is 2.43 bits per heavy atom. The molecule has 0 unspecified atom stereocenters. The molecule has 5 rings (SSSR count). The highest BCUT2D eigenvalue weighted by molar-refractivity contribution is 5.92. The molecule has 2 amide bonds. The largest absolute Gasteiger partial charge is 0.412 e. The lowest BCUT2D eigenvalue weighted by Gasteiger charge is -2.28. The predicted molar refractivity (Wildman–Crippen MR) is 132 cm³/mol. The van der Waals surface area contributed by atoms with Crippen molar-refractivity contribution >= 4 is 12.0 Å². The minimum absolute atomic E-state index is 0.0293. The molecule has 0 spiro atoms. The van der Waals surface area contributed by atoms with Crippen molar-refractivity contribution in [1.82, 2.24) is 25.2 Å². The molecule has 2 fully saturated rings. The van der Waals surface area contributed by atoms with E-state index in [1.54, 1.807) is 12.3 Å². The average Bonchev–Trinajstić information content (AvgIpc) is 3.57. The molecule has 1 saturated heterocycles. The number of aryl methyl sites for hydroxylation is 1. The number of carbonyl (C=O) groups is 2. The molecule has 2 aromatic carbocycles. The highest BCUT2D eigenvalue weighted by atomic mass is 16.6. The number of amides is 2. The molecule has 1 N–H and O–H groups in total. The molecule has 2 aliphatic rings. The van der Waals surface area contributed by atoms with Gasteiger partial charge < -0.3 is 15.0 Å². The zero-order valence-electron chi connectivity index (χ0n) is 20.0. The Balaban J connectivity index is 1.12. The standard InChI is InChI=1S/C27H31N5O3/c1-19-6-4-7-20(16-19)21-8-5-9-24(17-21)35-27(34)28-22-10-12-23(13-11-22)32-18-25(29-30-32)26(33)31-14-2-3-15-31/h4-9,16-18,22-23H,2-3,10-15H2,1H3,(H,28,34)/t22-,23+. The topological polar surface area (TPSA) is 89.4 Å². The van der Waals surface area contributed by atoms with E-state index in [0.717, 1.165) is 62.7 Å². The lowest BCUT2D eigenvalue weighted by molar-refractivity contribution is 0.0786. The maximum absolute atomic E-state index is 12.5. The van der Waals surface area contributed by atoms with Crippen LogP contribution in [0.1, 0.15) is 60.6 Å². The van der Waals surface area contributed by atoms with Crippen LogP contribution in [0.25, 0.3) is 11.1 Å². The van der Waals surface area contributed by atoms with E-state index >= 15 is 0 Å². The Morgan fingerprint density at radius 2 is 1.69 bits per heavy atom. The highest BCUT2D eigenvalue weighted by Crippen LogP contribution is 2.29. The SMILES string of the molecule is Cc1cccc(-c2cccc(OC(=O)N[C@H]3CC[C@@H](n4cc(C(=O)N5CCCC5)nn4)CC3)c2)c1. The second-order valence-electron chi connectivity index (χ2n) is 9.52. The minimum Gasteiger partial charge on any atom is -0.410 e. The van der Waals surface area contributed by atoms with Gasteiger partial charge in [0.15, 0.2) is 5.69 Å². The summed E-state index contributed by atoms with van der Waals surface area (Å²) in [6.45, 7) is 3.66. The molecule has 0 radical (unpaired) electrons. The summed E-state index contributed by atoms with van der Waals surface area (Å²) in [5, 5.41) is 11.3. The second-order valence-corrected chi connectivity index (χ2v) is 9.52. The van der Waals surface area contributed by atoms with Gasteiger partial charge in [-0.15, -0.1) is 5.10 Å². The van der Waals surface area contributed by atoms with Crippen LogP contribution >= 0.6 is 0 Å². The molecule has 182 valence electrons. The third kappa shape index (κ3) is 5.53. The van der Waals surface area contributed by atoms with E-state index < -0.39 is 6.09 Å². The van der Waals surface area contributed by atoms with Crippen LogP contribution in [0.3, 0.4) is 0 Å². The summed E-state index contributed by atoms with van der Waals surface area (Å²) in [5.41, 5.74) is 3.70. The van der Waals surface area contributed by atoms with Gasteiger partial charge in [-0.2, -0.15) is 0 Å². The molecule has 0 bridgehead atoms. The van der Waals surface area contributed by atoms with E-state index in [1.807, 2.05) is 39.9 Å².